The van der Waals surface area contributed by atoms with Crippen molar-refractivity contribution in [3.05, 3.63) is 89.3 Å². The number of anilines is 1. The van der Waals surface area contributed by atoms with Crippen LogP contribution in [0.1, 0.15) is 87.4 Å². The van der Waals surface area contributed by atoms with Gasteiger partial charge in [0.05, 0.1) is 39.9 Å². The second-order valence-corrected chi connectivity index (χ2v) is 16.7. The molecule has 310 valence electrons. The van der Waals surface area contributed by atoms with Gasteiger partial charge in [-0.1, -0.05) is 38.5 Å². The van der Waals surface area contributed by atoms with Crippen LogP contribution in [0.3, 0.4) is 0 Å². The van der Waals surface area contributed by atoms with E-state index in [9.17, 15) is 17.4 Å². The molecule has 58 heavy (non-hydrogen) atoms. The number of hydrogen-bond donors (Lipinski definition) is 1. The lowest BCUT2D eigenvalue weighted by atomic mass is 9.94. The molecule has 13 heteroatoms. The number of aromatic nitrogens is 4. The lowest BCUT2D eigenvalue weighted by molar-refractivity contribution is -0.141. The minimum Gasteiger partial charge on any atom is -0.491 e. The predicted octanol–water partition coefficient (Wildman–Crippen LogP) is 10.2. The molecule has 0 radical (unpaired) electrons. The van der Waals surface area contributed by atoms with Crippen LogP contribution in [0.5, 0.6) is 5.75 Å². The molecule has 5 aromatic rings. The van der Waals surface area contributed by atoms with Crippen LogP contribution in [0.15, 0.2) is 65.6 Å². The van der Waals surface area contributed by atoms with Crippen molar-refractivity contribution in [1.82, 2.24) is 19.5 Å². The number of unbranched alkanes of at least 4 members (excludes halogenated alkanes) is 1. The maximum absolute atomic E-state index is 14.0. The Kier molecular flexibility index (Phi) is 13.7. The number of ether oxygens (including phenoxy) is 3. The number of hydrogen-bond acceptors (Lipinski definition) is 7. The van der Waals surface area contributed by atoms with Crippen molar-refractivity contribution in [2.75, 3.05) is 51.0 Å². The molecule has 2 aliphatic rings. The van der Waals surface area contributed by atoms with Gasteiger partial charge in [-0.2, -0.15) is 13.2 Å². The van der Waals surface area contributed by atoms with E-state index in [2.05, 4.69) is 58.2 Å². The average molecular weight is 818 g/mol. The lowest BCUT2D eigenvalue weighted by Gasteiger charge is -2.33. The van der Waals surface area contributed by atoms with E-state index in [4.69, 9.17) is 19.2 Å². The van der Waals surface area contributed by atoms with Crippen LogP contribution < -0.4 is 9.64 Å². The maximum Gasteiger partial charge on any atom is 0.435 e. The first-order valence-electron chi connectivity index (χ1n) is 20.6. The van der Waals surface area contributed by atoms with Gasteiger partial charge in [0.15, 0.2) is 5.69 Å². The summed E-state index contributed by atoms with van der Waals surface area (Å²) in [6.45, 7) is 11.3. The van der Waals surface area contributed by atoms with Crippen molar-refractivity contribution in [2.24, 2.45) is 5.92 Å². The van der Waals surface area contributed by atoms with Gasteiger partial charge in [-0.3, -0.25) is 4.21 Å². The lowest BCUT2D eigenvalue weighted by Crippen LogP contribution is -2.34. The molecule has 1 N–H and O–H groups in total. The molecule has 0 amide bonds. The molecule has 2 aliphatic heterocycles. The molecule has 0 aliphatic carbocycles. The van der Waals surface area contributed by atoms with Crippen molar-refractivity contribution in [3.63, 3.8) is 0 Å². The molecule has 0 bridgehead atoms. The van der Waals surface area contributed by atoms with Crippen molar-refractivity contribution in [3.8, 4) is 16.9 Å². The fourth-order valence-electron chi connectivity index (χ4n) is 7.90. The van der Waals surface area contributed by atoms with Crippen LogP contribution in [-0.4, -0.2) is 69.9 Å². The van der Waals surface area contributed by atoms with Gasteiger partial charge in [-0.25, -0.2) is 9.97 Å². The minimum absolute atomic E-state index is 0.0494. The second-order valence-electron chi connectivity index (χ2n) is 15.2. The second kappa shape index (κ2) is 19.1. The van der Waals surface area contributed by atoms with Crippen LogP contribution in [0.2, 0.25) is 0 Å². The number of nitrogens with one attached hydrogen (secondary N) is 1. The Morgan fingerprint density at radius 2 is 1.74 bits per heavy atom. The number of H-pyrrole nitrogens is 1. The Bertz CT molecular complexity index is 2210. The van der Waals surface area contributed by atoms with E-state index >= 15 is 0 Å². The molecular weight excluding hydrogens is 764 g/mol. The average Bonchev–Trinajstić information content (AvgIpc) is 3.78. The van der Waals surface area contributed by atoms with Gasteiger partial charge in [-0.05, 0) is 122 Å². The highest BCUT2D eigenvalue weighted by molar-refractivity contribution is 7.84. The summed E-state index contributed by atoms with van der Waals surface area (Å²) < 4.78 is 74.4. The number of halogens is 3. The Labute approximate surface area is 341 Å². The number of fused-ring (bicyclic) bond motifs is 2. The molecule has 4 heterocycles. The van der Waals surface area contributed by atoms with E-state index in [0.29, 0.717) is 48.0 Å². The van der Waals surface area contributed by atoms with E-state index in [1.54, 1.807) is 29.7 Å². The maximum atomic E-state index is 14.0. The first kappa shape index (κ1) is 41.7. The van der Waals surface area contributed by atoms with Gasteiger partial charge < -0.3 is 28.7 Å². The zero-order chi connectivity index (χ0) is 40.6. The number of benzene rings is 3. The fourth-order valence-corrected chi connectivity index (χ4v) is 9.08. The van der Waals surface area contributed by atoms with Gasteiger partial charge >= 0.3 is 6.18 Å². The smallest absolute Gasteiger partial charge is 0.435 e. The summed E-state index contributed by atoms with van der Waals surface area (Å²) in [4.78, 5) is 15.2. The fraction of sp³-hybridized carbons (Fsp3) is 0.467. The summed E-state index contributed by atoms with van der Waals surface area (Å²) in [7, 11) is -1.75. The molecular formula is C45H54F3N5O4S. The van der Waals surface area contributed by atoms with E-state index < -0.39 is 22.7 Å². The van der Waals surface area contributed by atoms with Crippen LogP contribution in [0, 0.1) is 12.8 Å². The molecule has 1 atom stereocenters. The monoisotopic (exact) mass is 817 g/mol. The molecule has 9 nitrogen and oxygen atoms in total. The summed E-state index contributed by atoms with van der Waals surface area (Å²) in [5.41, 5.74) is 5.89. The van der Waals surface area contributed by atoms with Gasteiger partial charge in [0, 0.05) is 50.0 Å². The van der Waals surface area contributed by atoms with Crippen molar-refractivity contribution in [1.29, 1.82) is 0 Å². The highest BCUT2D eigenvalue weighted by atomic mass is 32.2. The molecule has 2 aromatic heterocycles. The van der Waals surface area contributed by atoms with Crippen LogP contribution in [0.25, 0.3) is 33.8 Å². The number of aromatic amines is 1. The van der Waals surface area contributed by atoms with Crippen molar-refractivity contribution in [2.45, 2.75) is 89.1 Å². The van der Waals surface area contributed by atoms with Gasteiger partial charge in [0.2, 0.25) is 0 Å². The SMILES string of the molecule is CCCCOCCOc1ccc(-c2ccc3c(c2)/C=C(/c2nc4ccc([S@@](=O)Cc5c(C(F)(F)F)nc(C)n5CCC)cc4[nH]2)CCCN3CC2CCOCC2)cc1. The quantitative estimate of drug-likeness (QED) is 0.0991. The largest absolute Gasteiger partial charge is 0.491 e. The van der Waals surface area contributed by atoms with Crippen LogP contribution >= 0.6 is 0 Å². The van der Waals surface area contributed by atoms with Crippen molar-refractivity contribution >= 4 is 39.2 Å². The Morgan fingerprint density at radius 3 is 2.50 bits per heavy atom. The molecule has 0 spiro atoms. The Hall–Kier alpha value is -4.46. The number of nitrogens with zero attached hydrogens (tertiary/aromatic N) is 4. The highest BCUT2D eigenvalue weighted by Gasteiger charge is 2.39. The molecule has 0 unspecified atom stereocenters. The molecule has 7 rings (SSSR count). The van der Waals surface area contributed by atoms with Gasteiger partial charge in [0.1, 0.15) is 24.0 Å². The van der Waals surface area contributed by atoms with Gasteiger partial charge in [-0.15, -0.1) is 0 Å². The minimum atomic E-state index is -4.64. The Balaban J connectivity index is 1.16. The normalized spacial score (nSPS) is 16.8. The summed E-state index contributed by atoms with van der Waals surface area (Å²) in [5, 5.41) is 0. The molecule has 1 saturated heterocycles. The summed E-state index contributed by atoms with van der Waals surface area (Å²) in [6, 6.07) is 20.1. The molecule has 3 aromatic carbocycles. The predicted molar refractivity (Wildman–Crippen MR) is 224 cm³/mol. The third kappa shape index (κ3) is 10.0. The zero-order valence-corrected chi connectivity index (χ0v) is 34.5. The zero-order valence-electron chi connectivity index (χ0n) is 33.7. The van der Waals surface area contributed by atoms with E-state index in [-0.39, 0.29) is 17.3 Å². The topological polar surface area (TPSA) is 94.5 Å². The third-order valence-corrected chi connectivity index (χ3v) is 12.3. The summed E-state index contributed by atoms with van der Waals surface area (Å²) >= 11 is 0. The first-order chi connectivity index (χ1) is 28.1. The summed E-state index contributed by atoms with van der Waals surface area (Å²) in [5.74, 6) is 2.08. The number of aryl methyl sites for hydroxylation is 1. The summed E-state index contributed by atoms with van der Waals surface area (Å²) in [6.07, 6.45) is 4.22. The Morgan fingerprint density at radius 1 is 0.948 bits per heavy atom. The van der Waals surface area contributed by atoms with E-state index in [1.807, 2.05) is 19.1 Å². The van der Waals surface area contributed by atoms with Crippen LogP contribution in [-0.2, 0) is 38.7 Å². The van der Waals surface area contributed by atoms with E-state index in [0.717, 1.165) is 105 Å². The third-order valence-electron chi connectivity index (χ3n) is 11.0. The first-order valence-corrected chi connectivity index (χ1v) is 21.9. The number of allylic oxidation sites excluding steroid dienone is 1. The number of rotatable bonds is 16. The number of imidazole rings is 2. The highest BCUT2D eigenvalue weighted by Crippen LogP contribution is 2.37. The molecule has 0 saturated carbocycles. The molecule has 1 fully saturated rings. The van der Waals surface area contributed by atoms with E-state index in [1.165, 1.54) is 5.69 Å². The van der Waals surface area contributed by atoms with Crippen LogP contribution in [0.4, 0.5) is 18.9 Å². The standard InChI is InChI=1S/C45H54F3N5O4S/c1-4-6-21-55-24-25-57-37-12-9-33(10-13-37)34-11-16-41-36(26-34)27-35(8-7-20-52(41)29-32-17-22-56-23-18-32)44-50-39-15-14-38(28-40(39)51-44)58(54)30-42-43(45(46,47)48)49-31(3)53(42)19-5-2/h9-16,26-28,32H,4-8,17-25,29-30H2,1-3H3,(H,50,51)/b35-27+/t58-/m0/s1. The van der Waals surface area contributed by atoms with Crippen molar-refractivity contribution < 1.29 is 31.6 Å². The van der Waals surface area contributed by atoms with Gasteiger partial charge in [0.25, 0.3) is 0 Å². The number of alkyl halides is 3.